The molecule has 0 aromatic rings. The molecule has 0 radical (unpaired) electrons. The maximum Gasteiger partial charge on any atom is 0.224 e. The number of rotatable bonds is 6. The largest absolute Gasteiger partial charge is 0.377 e. The number of nitrogens with two attached hydrogens (primary N) is 1. The van der Waals surface area contributed by atoms with Crippen molar-refractivity contribution in [1.29, 1.82) is 0 Å². The highest BCUT2D eigenvalue weighted by Gasteiger charge is 2.40. The lowest BCUT2D eigenvalue weighted by molar-refractivity contribution is -0.124. The molecule has 5 nitrogen and oxygen atoms in total. The van der Waals surface area contributed by atoms with E-state index in [2.05, 4.69) is 10.2 Å². The second-order valence-electron chi connectivity index (χ2n) is 5.20. The number of carbonyl (C=O) groups is 1. The lowest BCUT2D eigenvalue weighted by Gasteiger charge is -2.36. The Hall–Kier alpha value is -0.650. The van der Waals surface area contributed by atoms with Crippen LogP contribution in [-0.4, -0.2) is 55.7 Å². The van der Waals surface area contributed by atoms with E-state index in [0.717, 1.165) is 38.9 Å². The fourth-order valence-corrected chi connectivity index (χ4v) is 3.13. The fourth-order valence-electron chi connectivity index (χ4n) is 3.13. The van der Waals surface area contributed by atoms with Crippen molar-refractivity contribution >= 4 is 5.91 Å². The topological polar surface area (TPSA) is 67.6 Å². The normalized spacial score (nSPS) is 30.0. The van der Waals surface area contributed by atoms with Crippen molar-refractivity contribution in [2.75, 3.05) is 32.8 Å². The number of hydrogen-bond acceptors (Lipinski definition) is 4. The maximum absolute atomic E-state index is 11.7. The predicted octanol–water partition coefficient (Wildman–Crippen LogP) is -0.0493. The summed E-state index contributed by atoms with van der Waals surface area (Å²) < 4.78 is 5.58. The average Bonchev–Trinajstić information content (AvgIpc) is 2.77. The minimum Gasteiger partial charge on any atom is -0.377 e. The van der Waals surface area contributed by atoms with Crippen LogP contribution in [0, 0.1) is 5.92 Å². The molecule has 2 rings (SSSR count). The summed E-state index contributed by atoms with van der Waals surface area (Å²) in [6.45, 7) is 6.18. The van der Waals surface area contributed by atoms with Crippen molar-refractivity contribution in [2.45, 2.75) is 38.3 Å². The Morgan fingerprint density at radius 2 is 2.44 bits per heavy atom. The zero-order valence-electron chi connectivity index (χ0n) is 11.2. The molecule has 0 bridgehead atoms. The lowest BCUT2D eigenvalue weighted by atomic mass is 9.91. The molecule has 2 aliphatic rings. The molecule has 2 fully saturated rings. The summed E-state index contributed by atoms with van der Waals surface area (Å²) >= 11 is 0. The zero-order chi connectivity index (χ0) is 13.0. The molecule has 104 valence electrons. The van der Waals surface area contributed by atoms with Crippen molar-refractivity contribution < 1.29 is 9.53 Å². The number of nitrogens with one attached hydrogen (secondary N) is 1. The van der Waals surface area contributed by atoms with Gasteiger partial charge in [0.05, 0.1) is 12.0 Å². The van der Waals surface area contributed by atoms with Crippen LogP contribution in [0.25, 0.3) is 0 Å². The Balaban J connectivity index is 1.83. The van der Waals surface area contributed by atoms with Gasteiger partial charge >= 0.3 is 0 Å². The molecule has 18 heavy (non-hydrogen) atoms. The zero-order valence-corrected chi connectivity index (χ0v) is 11.2. The van der Waals surface area contributed by atoms with Crippen LogP contribution in [0.3, 0.4) is 0 Å². The van der Waals surface area contributed by atoms with E-state index in [1.165, 1.54) is 0 Å². The highest BCUT2D eigenvalue weighted by Crippen LogP contribution is 2.27. The van der Waals surface area contributed by atoms with Crippen LogP contribution in [0.5, 0.6) is 0 Å². The third-order valence-corrected chi connectivity index (χ3v) is 4.12. The van der Waals surface area contributed by atoms with Crippen molar-refractivity contribution in [1.82, 2.24) is 10.2 Å². The third-order valence-electron chi connectivity index (χ3n) is 4.12. The Morgan fingerprint density at radius 1 is 1.61 bits per heavy atom. The standard InChI is InChI=1S/C13H25N3O2/c1-2-18-10(8-14)5-7-16-6-3-4-11-12(16)9-15-13(11)17/h10-12H,2-9,14H2,1H3,(H,15,17). The number of fused-ring (bicyclic) bond motifs is 1. The second kappa shape index (κ2) is 6.50. The molecular weight excluding hydrogens is 230 g/mol. The molecule has 2 heterocycles. The van der Waals surface area contributed by atoms with Gasteiger partial charge in [-0.05, 0) is 32.7 Å². The van der Waals surface area contributed by atoms with Crippen molar-refractivity contribution in [3.05, 3.63) is 0 Å². The van der Waals surface area contributed by atoms with E-state index in [0.29, 0.717) is 19.2 Å². The van der Waals surface area contributed by atoms with Gasteiger partial charge in [0.2, 0.25) is 5.91 Å². The van der Waals surface area contributed by atoms with Gasteiger partial charge in [-0.25, -0.2) is 0 Å². The quantitative estimate of drug-likeness (QED) is 0.698. The molecule has 3 atom stereocenters. The molecule has 0 aliphatic carbocycles. The summed E-state index contributed by atoms with van der Waals surface area (Å²) in [6.07, 6.45) is 3.28. The van der Waals surface area contributed by atoms with Gasteiger partial charge in [0, 0.05) is 32.3 Å². The summed E-state index contributed by atoms with van der Waals surface area (Å²) in [5.74, 6) is 0.451. The van der Waals surface area contributed by atoms with Gasteiger partial charge in [-0.15, -0.1) is 0 Å². The second-order valence-corrected chi connectivity index (χ2v) is 5.20. The van der Waals surface area contributed by atoms with Crippen molar-refractivity contribution in [3.63, 3.8) is 0 Å². The molecule has 5 heteroatoms. The van der Waals surface area contributed by atoms with Gasteiger partial charge < -0.3 is 15.8 Å². The molecule has 3 N–H and O–H groups in total. The van der Waals surface area contributed by atoms with E-state index < -0.39 is 0 Å². The van der Waals surface area contributed by atoms with Gasteiger partial charge in [-0.1, -0.05) is 0 Å². The average molecular weight is 255 g/mol. The van der Waals surface area contributed by atoms with E-state index in [1.807, 2.05) is 6.92 Å². The van der Waals surface area contributed by atoms with Crippen LogP contribution >= 0.6 is 0 Å². The minimum atomic E-state index is 0.153. The molecular formula is C13H25N3O2. The molecule has 2 aliphatic heterocycles. The van der Waals surface area contributed by atoms with Gasteiger partial charge in [-0.3, -0.25) is 9.69 Å². The van der Waals surface area contributed by atoms with E-state index in [9.17, 15) is 4.79 Å². The van der Waals surface area contributed by atoms with Crippen molar-refractivity contribution in [3.8, 4) is 0 Å². The first-order chi connectivity index (χ1) is 8.76. The Labute approximate surface area is 109 Å². The summed E-state index contributed by atoms with van der Waals surface area (Å²) in [4.78, 5) is 14.1. The van der Waals surface area contributed by atoms with Gasteiger partial charge in [0.25, 0.3) is 0 Å². The summed E-state index contributed by atoms with van der Waals surface area (Å²) in [5.41, 5.74) is 5.69. The smallest absolute Gasteiger partial charge is 0.224 e. The number of amides is 1. The molecule has 0 aromatic heterocycles. The van der Waals surface area contributed by atoms with E-state index in [-0.39, 0.29) is 17.9 Å². The molecule has 3 unspecified atom stereocenters. The summed E-state index contributed by atoms with van der Waals surface area (Å²) in [6, 6.07) is 0.395. The van der Waals surface area contributed by atoms with Gasteiger partial charge in [0.15, 0.2) is 0 Å². The third kappa shape index (κ3) is 3.02. The van der Waals surface area contributed by atoms with E-state index >= 15 is 0 Å². The van der Waals surface area contributed by atoms with Gasteiger partial charge in [0.1, 0.15) is 0 Å². The van der Waals surface area contributed by atoms with Crippen LogP contribution < -0.4 is 11.1 Å². The molecule has 0 saturated carbocycles. The fraction of sp³-hybridized carbons (Fsp3) is 0.923. The van der Waals surface area contributed by atoms with Crippen LogP contribution in [-0.2, 0) is 9.53 Å². The first kappa shape index (κ1) is 13.8. The number of hydrogen-bond donors (Lipinski definition) is 2. The highest BCUT2D eigenvalue weighted by molar-refractivity contribution is 5.82. The molecule has 0 aromatic carbocycles. The summed E-state index contributed by atoms with van der Waals surface area (Å²) in [7, 11) is 0. The lowest BCUT2D eigenvalue weighted by Crippen LogP contribution is -2.46. The number of nitrogens with zero attached hydrogens (tertiary/aromatic N) is 1. The predicted molar refractivity (Wildman–Crippen MR) is 70.2 cm³/mol. The highest BCUT2D eigenvalue weighted by atomic mass is 16.5. The van der Waals surface area contributed by atoms with Crippen LogP contribution in [0.2, 0.25) is 0 Å². The monoisotopic (exact) mass is 255 g/mol. The number of piperidine rings is 1. The van der Waals surface area contributed by atoms with Crippen LogP contribution in [0.1, 0.15) is 26.2 Å². The first-order valence-corrected chi connectivity index (χ1v) is 7.09. The number of likely N-dealkylation sites (tertiary alicyclic amines) is 1. The Kier molecular flexibility index (Phi) is 4.97. The first-order valence-electron chi connectivity index (χ1n) is 7.09. The summed E-state index contributed by atoms with van der Waals surface area (Å²) in [5, 5.41) is 2.98. The maximum atomic E-state index is 11.7. The molecule has 1 amide bonds. The Morgan fingerprint density at radius 3 is 3.17 bits per heavy atom. The van der Waals surface area contributed by atoms with Crippen molar-refractivity contribution in [2.24, 2.45) is 11.7 Å². The SMILES string of the molecule is CCOC(CN)CCN1CCCC2C(=O)NCC21. The number of ether oxygens (including phenoxy) is 1. The molecule has 2 saturated heterocycles. The van der Waals surface area contributed by atoms with Crippen LogP contribution in [0.15, 0.2) is 0 Å². The Bertz CT molecular complexity index is 285. The van der Waals surface area contributed by atoms with Crippen LogP contribution in [0.4, 0.5) is 0 Å². The minimum absolute atomic E-state index is 0.153. The molecule has 0 spiro atoms. The van der Waals surface area contributed by atoms with E-state index in [1.54, 1.807) is 0 Å². The van der Waals surface area contributed by atoms with E-state index in [4.69, 9.17) is 10.5 Å². The van der Waals surface area contributed by atoms with Gasteiger partial charge in [-0.2, -0.15) is 0 Å². The number of carbonyl (C=O) groups excluding carboxylic acids is 1.